The van der Waals surface area contributed by atoms with Crippen LogP contribution in [0.5, 0.6) is 0 Å². The van der Waals surface area contributed by atoms with Crippen LogP contribution >= 0.6 is 38.9 Å². The average Bonchev–Trinajstić information content (AvgIpc) is 2.90. The van der Waals surface area contributed by atoms with Crippen molar-refractivity contribution in [3.63, 3.8) is 0 Å². The zero-order chi connectivity index (χ0) is 12.0. The second-order valence-corrected chi connectivity index (χ2v) is 6.49. The first-order valence-electron chi connectivity index (χ1n) is 5.04. The van der Waals surface area contributed by atoms with Crippen molar-refractivity contribution in [2.45, 2.75) is 6.92 Å². The van der Waals surface area contributed by atoms with Crippen molar-refractivity contribution in [3.8, 4) is 11.4 Å². The predicted molar refractivity (Wildman–Crippen MR) is 76.9 cm³/mol. The van der Waals surface area contributed by atoms with Gasteiger partial charge in [-0.1, -0.05) is 11.6 Å². The second kappa shape index (κ2) is 4.12. The van der Waals surface area contributed by atoms with Gasteiger partial charge in [-0.3, -0.25) is 0 Å². The molecule has 1 N–H and O–H groups in total. The van der Waals surface area contributed by atoms with E-state index in [0.717, 1.165) is 36.8 Å². The Kier molecular flexibility index (Phi) is 2.73. The summed E-state index contributed by atoms with van der Waals surface area (Å²) >= 11 is 11.2. The molecule has 0 unspecified atom stereocenters. The number of fused-ring (bicyclic) bond motifs is 1. The Labute approximate surface area is 116 Å². The van der Waals surface area contributed by atoms with E-state index in [9.17, 15) is 0 Å². The third-order valence-corrected chi connectivity index (χ3v) is 4.60. The van der Waals surface area contributed by atoms with Crippen LogP contribution in [0.1, 0.15) is 5.56 Å². The van der Waals surface area contributed by atoms with Crippen LogP contribution in [0.2, 0.25) is 5.02 Å². The SMILES string of the molecule is Cc1c(Cl)ccc2[nH]c(-c3csc(Br)c3)nc12. The Morgan fingerprint density at radius 3 is 2.94 bits per heavy atom. The van der Waals surface area contributed by atoms with Crippen molar-refractivity contribution in [3.05, 3.63) is 38.0 Å². The van der Waals surface area contributed by atoms with Crippen LogP contribution in [0.25, 0.3) is 22.4 Å². The maximum absolute atomic E-state index is 6.09. The number of aromatic nitrogens is 2. The van der Waals surface area contributed by atoms with Gasteiger partial charge >= 0.3 is 0 Å². The molecule has 0 radical (unpaired) electrons. The van der Waals surface area contributed by atoms with Crippen LogP contribution in [-0.4, -0.2) is 9.97 Å². The molecule has 3 aromatic rings. The number of imidazole rings is 1. The van der Waals surface area contributed by atoms with Gasteiger partial charge in [0.25, 0.3) is 0 Å². The largest absolute Gasteiger partial charge is 0.338 e. The molecule has 0 fully saturated rings. The molecule has 2 heterocycles. The molecule has 0 atom stereocenters. The number of benzene rings is 1. The van der Waals surface area contributed by atoms with Gasteiger partial charge in [0.2, 0.25) is 0 Å². The van der Waals surface area contributed by atoms with Gasteiger partial charge in [0.15, 0.2) is 0 Å². The van der Waals surface area contributed by atoms with E-state index in [2.05, 4.69) is 37.3 Å². The Morgan fingerprint density at radius 1 is 1.41 bits per heavy atom. The number of aromatic amines is 1. The minimum atomic E-state index is 0.752. The highest BCUT2D eigenvalue weighted by Gasteiger charge is 2.10. The lowest BCUT2D eigenvalue weighted by Crippen LogP contribution is -1.78. The van der Waals surface area contributed by atoms with Gasteiger partial charge in [0.1, 0.15) is 5.82 Å². The van der Waals surface area contributed by atoms with Crippen molar-refractivity contribution >= 4 is 49.9 Å². The summed E-state index contributed by atoms with van der Waals surface area (Å²) in [6.07, 6.45) is 0. The van der Waals surface area contributed by atoms with Gasteiger partial charge in [-0.05, 0) is 46.6 Å². The second-order valence-electron chi connectivity index (χ2n) is 3.79. The van der Waals surface area contributed by atoms with E-state index >= 15 is 0 Å². The van der Waals surface area contributed by atoms with Crippen LogP contribution in [0.15, 0.2) is 27.4 Å². The smallest absolute Gasteiger partial charge is 0.139 e. The summed E-state index contributed by atoms with van der Waals surface area (Å²) < 4.78 is 1.10. The molecule has 86 valence electrons. The van der Waals surface area contributed by atoms with Crippen molar-refractivity contribution in [2.24, 2.45) is 0 Å². The zero-order valence-electron chi connectivity index (χ0n) is 8.92. The number of nitrogens with zero attached hydrogens (tertiary/aromatic N) is 1. The van der Waals surface area contributed by atoms with Crippen LogP contribution in [0.3, 0.4) is 0 Å². The molecule has 0 aliphatic carbocycles. The van der Waals surface area contributed by atoms with Gasteiger partial charge in [0.05, 0.1) is 14.8 Å². The van der Waals surface area contributed by atoms with Crippen molar-refractivity contribution in [2.75, 3.05) is 0 Å². The molecular formula is C12H8BrClN2S. The molecule has 0 saturated heterocycles. The third-order valence-electron chi connectivity index (χ3n) is 2.68. The first-order chi connectivity index (χ1) is 8.15. The minimum absolute atomic E-state index is 0.752. The minimum Gasteiger partial charge on any atom is -0.338 e. The predicted octanol–water partition coefficient (Wildman–Crippen LogP) is 5.02. The lowest BCUT2D eigenvalue weighted by atomic mass is 10.2. The molecule has 17 heavy (non-hydrogen) atoms. The van der Waals surface area contributed by atoms with E-state index in [4.69, 9.17) is 11.6 Å². The quantitative estimate of drug-likeness (QED) is 0.668. The van der Waals surface area contributed by atoms with Gasteiger partial charge in [0, 0.05) is 16.0 Å². The summed E-state index contributed by atoms with van der Waals surface area (Å²) in [5.74, 6) is 0.882. The summed E-state index contributed by atoms with van der Waals surface area (Å²) in [4.78, 5) is 7.91. The fourth-order valence-corrected chi connectivity index (χ4v) is 3.05. The Morgan fingerprint density at radius 2 is 2.24 bits per heavy atom. The normalized spacial score (nSPS) is 11.2. The summed E-state index contributed by atoms with van der Waals surface area (Å²) in [6.45, 7) is 1.98. The highest BCUT2D eigenvalue weighted by atomic mass is 79.9. The number of halogens is 2. The van der Waals surface area contributed by atoms with Crippen LogP contribution in [0, 0.1) is 6.92 Å². The topological polar surface area (TPSA) is 28.7 Å². The van der Waals surface area contributed by atoms with E-state index in [-0.39, 0.29) is 0 Å². The van der Waals surface area contributed by atoms with Crippen LogP contribution < -0.4 is 0 Å². The summed E-state index contributed by atoms with van der Waals surface area (Å²) in [6, 6.07) is 5.91. The molecule has 5 heteroatoms. The van der Waals surface area contributed by atoms with Gasteiger partial charge in [-0.2, -0.15) is 0 Å². The molecule has 3 rings (SSSR count). The Balaban J connectivity index is 2.23. The molecule has 0 spiro atoms. The number of H-pyrrole nitrogens is 1. The molecule has 0 aliphatic heterocycles. The van der Waals surface area contributed by atoms with Gasteiger partial charge < -0.3 is 4.98 Å². The van der Waals surface area contributed by atoms with E-state index in [1.807, 2.05) is 19.1 Å². The van der Waals surface area contributed by atoms with Crippen molar-refractivity contribution < 1.29 is 0 Å². The highest BCUT2D eigenvalue weighted by Crippen LogP contribution is 2.30. The van der Waals surface area contributed by atoms with Crippen LogP contribution in [-0.2, 0) is 0 Å². The number of nitrogens with one attached hydrogen (secondary N) is 1. The lowest BCUT2D eigenvalue weighted by Gasteiger charge is -1.96. The molecule has 0 bridgehead atoms. The summed E-state index contributed by atoms with van der Waals surface area (Å²) in [5, 5.41) is 2.82. The zero-order valence-corrected chi connectivity index (χ0v) is 12.1. The fraction of sp³-hybridized carbons (Fsp3) is 0.0833. The first kappa shape index (κ1) is 11.3. The third kappa shape index (κ3) is 1.90. The maximum Gasteiger partial charge on any atom is 0.139 e. The van der Waals surface area contributed by atoms with Crippen molar-refractivity contribution in [1.82, 2.24) is 9.97 Å². The summed E-state index contributed by atoms with van der Waals surface area (Å²) in [5.41, 5.74) is 4.06. The van der Waals surface area contributed by atoms with E-state index in [1.54, 1.807) is 11.3 Å². The molecule has 2 aromatic heterocycles. The molecular weight excluding hydrogens is 320 g/mol. The van der Waals surface area contributed by atoms with Crippen LogP contribution in [0.4, 0.5) is 0 Å². The summed E-state index contributed by atoms with van der Waals surface area (Å²) in [7, 11) is 0. The Hall–Kier alpha value is -0.840. The van der Waals surface area contributed by atoms with E-state index in [0.29, 0.717) is 0 Å². The molecule has 0 amide bonds. The number of hydrogen-bond acceptors (Lipinski definition) is 2. The number of aryl methyl sites for hydroxylation is 1. The van der Waals surface area contributed by atoms with Gasteiger partial charge in [-0.25, -0.2) is 4.98 Å². The number of thiophene rings is 1. The molecule has 2 nitrogen and oxygen atoms in total. The van der Waals surface area contributed by atoms with E-state index < -0.39 is 0 Å². The molecule has 1 aromatic carbocycles. The van der Waals surface area contributed by atoms with Crippen molar-refractivity contribution in [1.29, 1.82) is 0 Å². The van der Waals surface area contributed by atoms with E-state index in [1.165, 1.54) is 0 Å². The first-order valence-corrected chi connectivity index (χ1v) is 7.09. The average molecular weight is 328 g/mol. The molecule has 0 aliphatic rings. The highest BCUT2D eigenvalue weighted by molar-refractivity contribution is 9.11. The standard InChI is InChI=1S/C12H8BrClN2S/c1-6-8(14)2-3-9-11(6)16-12(15-9)7-4-10(13)17-5-7/h2-5H,1H3,(H,15,16). The lowest BCUT2D eigenvalue weighted by molar-refractivity contribution is 1.34. The van der Waals surface area contributed by atoms with Gasteiger partial charge in [-0.15, -0.1) is 11.3 Å². The monoisotopic (exact) mass is 326 g/mol. The fourth-order valence-electron chi connectivity index (χ4n) is 1.76. The molecule has 0 saturated carbocycles. The number of hydrogen-bond donors (Lipinski definition) is 1. The number of rotatable bonds is 1. The Bertz CT molecular complexity index is 702. The maximum atomic E-state index is 6.09.